The molecule has 0 amide bonds. The smallest absolute Gasteiger partial charge is 0.497 e. The second kappa shape index (κ2) is 8.68. The maximum Gasteiger partial charge on any atom is 0.573 e. The van der Waals surface area contributed by atoms with E-state index in [9.17, 15) is 13.2 Å². The highest BCUT2D eigenvalue weighted by Crippen LogP contribution is 2.27. The second-order valence-electron chi connectivity index (χ2n) is 8.30. The van der Waals surface area contributed by atoms with Crippen LogP contribution in [0.3, 0.4) is 0 Å². The quantitative estimate of drug-likeness (QED) is 0.564. The molecule has 0 unspecified atom stereocenters. The highest BCUT2D eigenvalue weighted by molar-refractivity contribution is 5.31. The van der Waals surface area contributed by atoms with E-state index in [4.69, 9.17) is 4.74 Å². The average molecular weight is 382 g/mol. The first kappa shape index (κ1) is 22.9. The number of hydrogen-bond donors (Lipinski definition) is 0. The van der Waals surface area contributed by atoms with Gasteiger partial charge in [-0.3, -0.25) is 0 Å². The Morgan fingerprint density at radius 1 is 0.593 bits per heavy atom. The molecule has 0 aliphatic rings. The fourth-order valence-corrected chi connectivity index (χ4v) is 2.25. The van der Waals surface area contributed by atoms with Crippen LogP contribution in [0.2, 0.25) is 0 Å². The van der Waals surface area contributed by atoms with Gasteiger partial charge in [0.2, 0.25) is 0 Å². The van der Waals surface area contributed by atoms with E-state index in [0.29, 0.717) is 0 Å². The summed E-state index contributed by atoms with van der Waals surface area (Å²) in [6.45, 7) is 12.6. The molecule has 0 fully saturated rings. The Labute approximate surface area is 160 Å². The summed E-state index contributed by atoms with van der Waals surface area (Å²) in [6.07, 6.45) is -4.62. The number of ether oxygens (including phenoxy) is 2. The van der Waals surface area contributed by atoms with Gasteiger partial charge in [0.25, 0.3) is 0 Å². The number of benzene rings is 2. The lowest BCUT2D eigenvalue weighted by Crippen LogP contribution is -2.17. The molecule has 0 saturated carbocycles. The Morgan fingerprint density at radius 2 is 0.926 bits per heavy atom. The topological polar surface area (TPSA) is 18.5 Å². The van der Waals surface area contributed by atoms with E-state index in [0.717, 1.165) is 11.3 Å². The standard InChI is InChI=1S/C11H13F3O.C11H16O/c1-10(2,3)8-4-6-9(7-5-8)15-11(12,13)14;1-11(2,3)9-5-7-10(12-4)8-6-9/h4-7H,1-3H3;5-8H,1-4H3. The van der Waals surface area contributed by atoms with Gasteiger partial charge in [-0.25, -0.2) is 0 Å². The zero-order valence-electron chi connectivity index (χ0n) is 17.1. The van der Waals surface area contributed by atoms with Crippen molar-refractivity contribution >= 4 is 0 Å². The molecule has 0 aliphatic heterocycles. The van der Waals surface area contributed by atoms with Gasteiger partial charge in [0.05, 0.1) is 7.11 Å². The van der Waals surface area contributed by atoms with E-state index in [-0.39, 0.29) is 16.6 Å². The number of methoxy groups -OCH3 is 1. The van der Waals surface area contributed by atoms with E-state index in [2.05, 4.69) is 37.6 Å². The summed E-state index contributed by atoms with van der Waals surface area (Å²) in [5.41, 5.74) is 2.46. The Bertz CT molecular complexity index is 689. The SMILES string of the molecule is CC(C)(C)c1ccc(OC(F)(F)F)cc1.COc1ccc(C(C)(C)C)cc1. The zero-order chi connectivity index (χ0) is 20.9. The van der Waals surface area contributed by atoms with Crippen molar-refractivity contribution in [2.75, 3.05) is 7.11 Å². The van der Waals surface area contributed by atoms with E-state index >= 15 is 0 Å². The molecule has 0 atom stereocenters. The Hall–Kier alpha value is -2.17. The van der Waals surface area contributed by atoms with Gasteiger partial charge in [-0.05, 0) is 46.2 Å². The molecule has 150 valence electrons. The molecule has 0 N–H and O–H groups in total. The molecule has 27 heavy (non-hydrogen) atoms. The molecule has 2 aromatic rings. The van der Waals surface area contributed by atoms with Gasteiger partial charge in [0, 0.05) is 0 Å². The van der Waals surface area contributed by atoms with Gasteiger partial charge in [0.1, 0.15) is 11.5 Å². The third-order valence-corrected chi connectivity index (χ3v) is 3.91. The summed E-state index contributed by atoms with van der Waals surface area (Å²) in [4.78, 5) is 0. The summed E-state index contributed by atoms with van der Waals surface area (Å²) in [5, 5.41) is 0. The third kappa shape index (κ3) is 8.37. The molecule has 0 bridgehead atoms. The number of hydrogen-bond acceptors (Lipinski definition) is 2. The van der Waals surface area contributed by atoms with Crippen LogP contribution in [0.5, 0.6) is 11.5 Å². The van der Waals surface area contributed by atoms with Crippen LogP contribution >= 0.6 is 0 Å². The monoisotopic (exact) mass is 382 g/mol. The Kier molecular flexibility index (Phi) is 7.35. The van der Waals surface area contributed by atoms with Crippen molar-refractivity contribution in [3.63, 3.8) is 0 Å². The lowest BCUT2D eigenvalue weighted by molar-refractivity contribution is -0.274. The summed E-state index contributed by atoms with van der Waals surface area (Å²) < 4.78 is 44.4. The minimum Gasteiger partial charge on any atom is -0.497 e. The summed E-state index contributed by atoms with van der Waals surface area (Å²) in [6, 6.07) is 14.2. The van der Waals surface area contributed by atoms with Gasteiger partial charge in [0.15, 0.2) is 0 Å². The van der Waals surface area contributed by atoms with E-state index < -0.39 is 6.36 Å². The molecule has 0 saturated heterocycles. The average Bonchev–Trinajstić information content (AvgIpc) is 2.53. The van der Waals surface area contributed by atoms with Crippen LogP contribution in [0.1, 0.15) is 52.7 Å². The summed E-state index contributed by atoms with van der Waals surface area (Å²) in [7, 11) is 1.69. The largest absolute Gasteiger partial charge is 0.573 e. The predicted octanol–water partition coefficient (Wildman–Crippen LogP) is 6.88. The first-order chi connectivity index (χ1) is 12.2. The van der Waals surface area contributed by atoms with Gasteiger partial charge in [-0.1, -0.05) is 65.8 Å². The molecule has 0 aliphatic carbocycles. The second-order valence-corrected chi connectivity index (χ2v) is 8.30. The van der Waals surface area contributed by atoms with Gasteiger partial charge in [-0.15, -0.1) is 13.2 Å². The predicted molar refractivity (Wildman–Crippen MR) is 104 cm³/mol. The fourth-order valence-electron chi connectivity index (χ4n) is 2.25. The van der Waals surface area contributed by atoms with Crippen molar-refractivity contribution in [2.45, 2.75) is 58.7 Å². The lowest BCUT2D eigenvalue weighted by atomic mass is 9.87. The highest BCUT2D eigenvalue weighted by atomic mass is 19.4. The van der Waals surface area contributed by atoms with Crippen LogP contribution < -0.4 is 9.47 Å². The molecule has 0 heterocycles. The Morgan fingerprint density at radius 3 is 1.19 bits per heavy atom. The van der Waals surface area contributed by atoms with E-state index in [1.807, 2.05) is 32.9 Å². The molecular formula is C22H29F3O2. The van der Waals surface area contributed by atoms with Crippen molar-refractivity contribution in [3.8, 4) is 11.5 Å². The van der Waals surface area contributed by atoms with Crippen LogP contribution in [-0.4, -0.2) is 13.5 Å². The van der Waals surface area contributed by atoms with Crippen molar-refractivity contribution in [1.29, 1.82) is 0 Å². The van der Waals surface area contributed by atoms with Crippen LogP contribution in [-0.2, 0) is 10.8 Å². The van der Waals surface area contributed by atoms with Crippen molar-refractivity contribution in [3.05, 3.63) is 59.7 Å². The molecule has 0 aromatic heterocycles. The zero-order valence-corrected chi connectivity index (χ0v) is 17.1. The van der Waals surface area contributed by atoms with E-state index in [1.165, 1.54) is 17.7 Å². The van der Waals surface area contributed by atoms with Crippen molar-refractivity contribution in [1.82, 2.24) is 0 Å². The maximum absolute atomic E-state index is 11.9. The van der Waals surface area contributed by atoms with Crippen LogP contribution in [0.25, 0.3) is 0 Å². The lowest BCUT2D eigenvalue weighted by Gasteiger charge is -2.19. The summed E-state index contributed by atoms with van der Waals surface area (Å²) >= 11 is 0. The minimum absolute atomic E-state index is 0.0727. The maximum atomic E-state index is 11.9. The first-order valence-corrected chi connectivity index (χ1v) is 8.73. The minimum atomic E-state index is -4.62. The Balaban J connectivity index is 0.000000277. The molecule has 0 radical (unpaired) electrons. The van der Waals surface area contributed by atoms with Gasteiger partial charge in [-0.2, -0.15) is 0 Å². The fraction of sp³-hybridized carbons (Fsp3) is 0.455. The number of halogens is 3. The van der Waals surface area contributed by atoms with Gasteiger partial charge >= 0.3 is 6.36 Å². The van der Waals surface area contributed by atoms with Crippen LogP contribution in [0.15, 0.2) is 48.5 Å². The molecule has 2 nitrogen and oxygen atoms in total. The molecular weight excluding hydrogens is 353 g/mol. The number of alkyl halides is 3. The van der Waals surface area contributed by atoms with Crippen LogP contribution in [0, 0.1) is 0 Å². The normalized spacial score (nSPS) is 12.1. The van der Waals surface area contributed by atoms with Gasteiger partial charge < -0.3 is 9.47 Å². The van der Waals surface area contributed by atoms with Crippen LogP contribution in [0.4, 0.5) is 13.2 Å². The van der Waals surface area contributed by atoms with Crippen molar-refractivity contribution < 1.29 is 22.6 Å². The first-order valence-electron chi connectivity index (χ1n) is 8.73. The summed E-state index contributed by atoms with van der Waals surface area (Å²) in [5.74, 6) is 0.735. The molecule has 2 aromatic carbocycles. The highest BCUT2D eigenvalue weighted by Gasteiger charge is 2.31. The number of rotatable bonds is 2. The third-order valence-electron chi connectivity index (χ3n) is 3.91. The molecule has 5 heteroatoms. The molecule has 2 rings (SSSR count). The van der Waals surface area contributed by atoms with Crippen molar-refractivity contribution in [2.24, 2.45) is 0 Å². The van der Waals surface area contributed by atoms with E-state index in [1.54, 1.807) is 19.2 Å². The molecule has 0 spiro atoms.